The fourth-order valence-electron chi connectivity index (χ4n) is 3.09. The molecular weight excluding hydrogens is 469 g/mol. The SMILES string of the molecule is CCOc1cc(/C=N\NC(=O)C(=O)NC[C@H]2CCCO2)ccc1OCc1ccc(Cl)c(Cl)c1. The van der Waals surface area contributed by atoms with Crippen LogP contribution in [0.5, 0.6) is 11.5 Å². The molecule has 33 heavy (non-hydrogen) atoms. The molecule has 0 radical (unpaired) electrons. The maximum Gasteiger partial charge on any atom is 0.329 e. The summed E-state index contributed by atoms with van der Waals surface area (Å²) in [6.45, 7) is 3.56. The van der Waals surface area contributed by atoms with Crippen molar-refractivity contribution in [3.8, 4) is 11.5 Å². The third-order valence-electron chi connectivity index (χ3n) is 4.75. The minimum Gasteiger partial charge on any atom is -0.490 e. The largest absolute Gasteiger partial charge is 0.490 e. The number of ether oxygens (including phenoxy) is 3. The molecule has 0 aliphatic carbocycles. The van der Waals surface area contributed by atoms with Gasteiger partial charge in [0.1, 0.15) is 6.61 Å². The van der Waals surface area contributed by atoms with Gasteiger partial charge in [0, 0.05) is 13.2 Å². The lowest BCUT2D eigenvalue weighted by Gasteiger charge is -2.13. The van der Waals surface area contributed by atoms with E-state index in [0.717, 1.165) is 18.4 Å². The Morgan fingerprint density at radius 1 is 1.12 bits per heavy atom. The van der Waals surface area contributed by atoms with Crippen LogP contribution < -0.4 is 20.2 Å². The second-order valence-electron chi connectivity index (χ2n) is 7.22. The van der Waals surface area contributed by atoms with E-state index in [0.29, 0.717) is 46.9 Å². The Hall–Kier alpha value is -2.81. The van der Waals surface area contributed by atoms with Gasteiger partial charge >= 0.3 is 11.8 Å². The van der Waals surface area contributed by atoms with Crippen molar-refractivity contribution in [2.75, 3.05) is 19.8 Å². The number of nitrogens with zero attached hydrogens (tertiary/aromatic N) is 1. The number of amides is 2. The molecule has 2 amide bonds. The van der Waals surface area contributed by atoms with Crippen molar-refractivity contribution in [1.82, 2.24) is 10.7 Å². The Labute approximate surface area is 202 Å². The third kappa shape index (κ3) is 7.63. The number of hydrazone groups is 1. The third-order valence-corrected chi connectivity index (χ3v) is 5.49. The molecule has 0 spiro atoms. The molecule has 0 aromatic heterocycles. The predicted molar refractivity (Wildman–Crippen MR) is 126 cm³/mol. The summed E-state index contributed by atoms with van der Waals surface area (Å²) in [5.74, 6) is -0.556. The summed E-state index contributed by atoms with van der Waals surface area (Å²) in [5, 5.41) is 7.32. The van der Waals surface area contributed by atoms with Gasteiger partial charge < -0.3 is 19.5 Å². The topological polar surface area (TPSA) is 98.2 Å². The molecular formula is C23H25Cl2N3O5. The molecule has 2 aromatic rings. The van der Waals surface area contributed by atoms with Crippen molar-refractivity contribution >= 4 is 41.2 Å². The summed E-state index contributed by atoms with van der Waals surface area (Å²) in [4.78, 5) is 23.7. The summed E-state index contributed by atoms with van der Waals surface area (Å²) >= 11 is 12.0. The number of benzene rings is 2. The standard InChI is InChI=1S/C23H25Cl2N3O5/c1-2-31-21-11-15(6-8-20(21)33-14-16-5-7-18(24)19(25)10-16)12-27-28-23(30)22(29)26-13-17-4-3-9-32-17/h5-8,10-12,17H,2-4,9,13-14H2,1H3,(H,26,29)(H,28,30)/b27-12-/t17-/m1/s1. The lowest BCUT2D eigenvalue weighted by Crippen LogP contribution is -2.41. The van der Waals surface area contributed by atoms with Gasteiger partial charge in [0.2, 0.25) is 0 Å². The van der Waals surface area contributed by atoms with Crippen LogP contribution in [0.2, 0.25) is 10.0 Å². The number of nitrogens with one attached hydrogen (secondary N) is 2. The van der Waals surface area contributed by atoms with Crippen LogP contribution in [0.3, 0.4) is 0 Å². The molecule has 1 atom stereocenters. The Kier molecular flexibility index (Phi) is 9.35. The van der Waals surface area contributed by atoms with Crippen molar-refractivity contribution in [2.24, 2.45) is 5.10 Å². The summed E-state index contributed by atoms with van der Waals surface area (Å²) in [6.07, 6.45) is 3.20. The number of halogens is 2. The number of hydrogen-bond acceptors (Lipinski definition) is 6. The molecule has 3 rings (SSSR count). The van der Waals surface area contributed by atoms with Crippen LogP contribution >= 0.6 is 23.2 Å². The zero-order valence-electron chi connectivity index (χ0n) is 18.1. The van der Waals surface area contributed by atoms with Gasteiger partial charge in [-0.1, -0.05) is 29.3 Å². The van der Waals surface area contributed by atoms with Crippen LogP contribution in [0.15, 0.2) is 41.5 Å². The van der Waals surface area contributed by atoms with E-state index < -0.39 is 11.8 Å². The second kappa shape index (κ2) is 12.4. The van der Waals surface area contributed by atoms with E-state index in [9.17, 15) is 9.59 Å². The van der Waals surface area contributed by atoms with Gasteiger partial charge in [0.05, 0.1) is 29.0 Å². The predicted octanol–water partition coefficient (Wildman–Crippen LogP) is 3.72. The van der Waals surface area contributed by atoms with E-state index >= 15 is 0 Å². The fraction of sp³-hybridized carbons (Fsp3) is 0.348. The average molecular weight is 494 g/mol. The summed E-state index contributed by atoms with van der Waals surface area (Å²) in [7, 11) is 0. The van der Waals surface area contributed by atoms with E-state index in [1.165, 1.54) is 6.21 Å². The summed E-state index contributed by atoms with van der Waals surface area (Å²) in [6, 6.07) is 10.5. The van der Waals surface area contributed by atoms with Crippen molar-refractivity contribution in [2.45, 2.75) is 32.5 Å². The first-order chi connectivity index (χ1) is 16.0. The number of carbonyl (C=O) groups excluding carboxylic acids is 2. The molecule has 0 bridgehead atoms. The average Bonchev–Trinajstić information content (AvgIpc) is 3.33. The molecule has 1 aliphatic heterocycles. The molecule has 176 valence electrons. The van der Waals surface area contributed by atoms with Crippen LogP contribution in [0.1, 0.15) is 30.9 Å². The van der Waals surface area contributed by atoms with Crippen LogP contribution in [-0.4, -0.2) is 43.9 Å². The fourth-order valence-corrected chi connectivity index (χ4v) is 3.41. The highest BCUT2D eigenvalue weighted by Gasteiger charge is 2.19. The van der Waals surface area contributed by atoms with Crippen molar-refractivity contribution in [1.29, 1.82) is 0 Å². The minimum absolute atomic E-state index is 0.0420. The van der Waals surface area contributed by atoms with Crippen LogP contribution in [-0.2, 0) is 20.9 Å². The zero-order valence-corrected chi connectivity index (χ0v) is 19.6. The van der Waals surface area contributed by atoms with Gasteiger partial charge in [-0.05, 0) is 61.2 Å². The first kappa shape index (κ1) is 24.8. The van der Waals surface area contributed by atoms with Crippen molar-refractivity contribution in [3.05, 3.63) is 57.6 Å². The van der Waals surface area contributed by atoms with Gasteiger partial charge in [0.25, 0.3) is 0 Å². The minimum atomic E-state index is -0.851. The van der Waals surface area contributed by atoms with Gasteiger partial charge in [0.15, 0.2) is 11.5 Å². The van der Waals surface area contributed by atoms with Crippen LogP contribution in [0, 0.1) is 0 Å². The van der Waals surface area contributed by atoms with E-state index in [2.05, 4.69) is 15.8 Å². The molecule has 1 aliphatic rings. The molecule has 8 nitrogen and oxygen atoms in total. The normalized spacial score (nSPS) is 15.4. The Morgan fingerprint density at radius 3 is 2.70 bits per heavy atom. The molecule has 0 unspecified atom stereocenters. The van der Waals surface area contributed by atoms with Crippen LogP contribution in [0.4, 0.5) is 0 Å². The summed E-state index contributed by atoms with van der Waals surface area (Å²) < 4.78 is 16.9. The zero-order chi connectivity index (χ0) is 23.6. The monoisotopic (exact) mass is 493 g/mol. The highest BCUT2D eigenvalue weighted by Crippen LogP contribution is 2.30. The molecule has 1 fully saturated rings. The molecule has 10 heteroatoms. The quantitative estimate of drug-likeness (QED) is 0.315. The molecule has 2 aromatic carbocycles. The Balaban J connectivity index is 1.54. The Morgan fingerprint density at radius 2 is 1.97 bits per heavy atom. The lowest BCUT2D eigenvalue weighted by atomic mass is 10.2. The smallest absolute Gasteiger partial charge is 0.329 e. The number of hydrogen-bond donors (Lipinski definition) is 2. The summed E-state index contributed by atoms with van der Waals surface area (Å²) in [5.41, 5.74) is 3.72. The maximum atomic E-state index is 11.9. The molecule has 1 saturated heterocycles. The number of carbonyl (C=O) groups is 2. The van der Waals surface area contributed by atoms with Gasteiger partial charge in [-0.25, -0.2) is 5.43 Å². The van der Waals surface area contributed by atoms with Gasteiger partial charge in [-0.15, -0.1) is 0 Å². The first-order valence-corrected chi connectivity index (χ1v) is 11.3. The van der Waals surface area contributed by atoms with Gasteiger partial charge in [-0.3, -0.25) is 9.59 Å². The first-order valence-electron chi connectivity index (χ1n) is 10.5. The van der Waals surface area contributed by atoms with E-state index in [4.69, 9.17) is 37.4 Å². The number of rotatable bonds is 9. The molecule has 1 heterocycles. The molecule has 2 N–H and O–H groups in total. The molecule has 0 saturated carbocycles. The van der Waals surface area contributed by atoms with Crippen molar-refractivity contribution in [3.63, 3.8) is 0 Å². The van der Waals surface area contributed by atoms with E-state index in [1.54, 1.807) is 30.3 Å². The van der Waals surface area contributed by atoms with E-state index in [1.807, 2.05) is 13.0 Å². The maximum absolute atomic E-state index is 11.9. The van der Waals surface area contributed by atoms with Gasteiger partial charge in [-0.2, -0.15) is 5.10 Å². The lowest BCUT2D eigenvalue weighted by molar-refractivity contribution is -0.139. The highest BCUT2D eigenvalue weighted by molar-refractivity contribution is 6.42. The highest BCUT2D eigenvalue weighted by atomic mass is 35.5. The second-order valence-corrected chi connectivity index (χ2v) is 8.03. The Bertz CT molecular complexity index is 1010. The van der Waals surface area contributed by atoms with Crippen LogP contribution in [0.25, 0.3) is 0 Å². The van der Waals surface area contributed by atoms with Crippen molar-refractivity contribution < 1.29 is 23.8 Å². The van der Waals surface area contributed by atoms with E-state index in [-0.39, 0.29) is 12.7 Å².